The van der Waals surface area contributed by atoms with Crippen molar-refractivity contribution < 1.29 is 23.4 Å². The molecule has 1 amide bonds. The lowest BCUT2D eigenvalue weighted by Crippen LogP contribution is -2.42. The second kappa shape index (κ2) is 10.5. The topological polar surface area (TPSA) is 81.5 Å². The summed E-state index contributed by atoms with van der Waals surface area (Å²) in [6.45, 7) is 8.78. The summed E-state index contributed by atoms with van der Waals surface area (Å²) in [5.74, 6) is 0.960. The molecule has 0 aliphatic carbocycles. The number of fused-ring (bicyclic) bond motifs is 2. The minimum atomic E-state index is -0.622. The van der Waals surface area contributed by atoms with Crippen molar-refractivity contribution in [1.82, 2.24) is 9.80 Å². The van der Waals surface area contributed by atoms with E-state index >= 15 is 0 Å². The van der Waals surface area contributed by atoms with Crippen molar-refractivity contribution in [2.75, 3.05) is 52.6 Å². The van der Waals surface area contributed by atoms with Crippen LogP contribution in [-0.4, -0.2) is 68.3 Å². The molecule has 5 rings (SSSR count). The smallest absolute Gasteiger partial charge is 0.290 e. The second-order valence-electron chi connectivity index (χ2n) is 8.74. The molecule has 9 heteroatoms. The Balaban J connectivity index is 1.62. The average molecular weight is 513 g/mol. The normalized spacial score (nSPS) is 18.0. The van der Waals surface area contributed by atoms with E-state index in [1.54, 1.807) is 23.1 Å². The molecule has 8 nitrogen and oxygen atoms in total. The third kappa shape index (κ3) is 4.56. The van der Waals surface area contributed by atoms with Gasteiger partial charge in [0.05, 0.1) is 43.4 Å². The number of nitrogens with zero attached hydrogens (tertiary/aromatic N) is 2. The first-order valence-corrected chi connectivity index (χ1v) is 12.7. The number of ether oxygens (including phenoxy) is 3. The van der Waals surface area contributed by atoms with Crippen molar-refractivity contribution in [2.24, 2.45) is 0 Å². The van der Waals surface area contributed by atoms with Crippen molar-refractivity contribution in [1.29, 1.82) is 0 Å². The van der Waals surface area contributed by atoms with Gasteiger partial charge in [0, 0.05) is 31.2 Å². The second-order valence-corrected chi connectivity index (χ2v) is 9.18. The van der Waals surface area contributed by atoms with E-state index in [1.807, 2.05) is 32.0 Å². The number of amides is 1. The number of morpholine rings is 1. The largest absolute Gasteiger partial charge is 0.490 e. The van der Waals surface area contributed by atoms with Gasteiger partial charge >= 0.3 is 0 Å². The van der Waals surface area contributed by atoms with Crippen LogP contribution >= 0.6 is 11.6 Å². The Kier molecular flexibility index (Phi) is 7.18. The lowest BCUT2D eigenvalue weighted by molar-refractivity contribution is 0.0314. The van der Waals surface area contributed by atoms with Crippen LogP contribution in [0, 0.1) is 0 Å². The highest BCUT2D eigenvalue weighted by Gasteiger charge is 2.43. The lowest BCUT2D eigenvalue weighted by atomic mass is 9.98. The van der Waals surface area contributed by atoms with Gasteiger partial charge in [0.1, 0.15) is 5.58 Å². The zero-order valence-corrected chi connectivity index (χ0v) is 21.2. The van der Waals surface area contributed by atoms with Crippen LogP contribution in [0.15, 0.2) is 45.6 Å². The number of carbonyl (C=O) groups is 1. The molecule has 1 atom stereocenters. The molecule has 0 radical (unpaired) electrons. The summed E-state index contributed by atoms with van der Waals surface area (Å²) in [5.41, 5.74) is 1.16. The summed E-state index contributed by atoms with van der Waals surface area (Å²) in [4.78, 5) is 31.4. The molecule has 3 heterocycles. The van der Waals surface area contributed by atoms with Crippen LogP contribution in [0.3, 0.4) is 0 Å². The fourth-order valence-corrected chi connectivity index (χ4v) is 5.05. The average Bonchev–Trinajstić information content (AvgIpc) is 3.17. The summed E-state index contributed by atoms with van der Waals surface area (Å²) in [6.07, 6.45) is 0. The van der Waals surface area contributed by atoms with E-state index in [4.69, 9.17) is 30.2 Å². The summed E-state index contributed by atoms with van der Waals surface area (Å²) >= 11 is 6.19. The SMILES string of the molecule is CCOc1ccc(C2c3c(oc4ccc(Cl)cc4c3=O)C(=O)N2CCN2CCOCC2)cc1OCC. The molecule has 1 aromatic heterocycles. The van der Waals surface area contributed by atoms with E-state index in [0.29, 0.717) is 72.6 Å². The highest BCUT2D eigenvalue weighted by atomic mass is 35.5. The van der Waals surface area contributed by atoms with E-state index < -0.39 is 6.04 Å². The van der Waals surface area contributed by atoms with E-state index in [9.17, 15) is 9.59 Å². The molecule has 0 N–H and O–H groups in total. The predicted molar refractivity (Wildman–Crippen MR) is 136 cm³/mol. The van der Waals surface area contributed by atoms with Crippen molar-refractivity contribution in [2.45, 2.75) is 19.9 Å². The molecular weight excluding hydrogens is 484 g/mol. The molecule has 0 bridgehead atoms. The Morgan fingerprint density at radius 1 is 0.972 bits per heavy atom. The lowest BCUT2D eigenvalue weighted by Gasteiger charge is -2.31. The van der Waals surface area contributed by atoms with Gasteiger partial charge in [-0.05, 0) is 49.7 Å². The Morgan fingerprint density at radius 3 is 2.47 bits per heavy atom. The number of rotatable bonds is 8. The quantitative estimate of drug-likeness (QED) is 0.449. The van der Waals surface area contributed by atoms with Crippen LogP contribution < -0.4 is 14.9 Å². The molecule has 1 saturated heterocycles. The summed E-state index contributed by atoms with van der Waals surface area (Å²) < 4.78 is 23.1. The molecule has 1 unspecified atom stereocenters. The maximum Gasteiger partial charge on any atom is 0.290 e. The first kappa shape index (κ1) is 24.6. The highest BCUT2D eigenvalue weighted by molar-refractivity contribution is 6.31. The first-order chi connectivity index (χ1) is 17.5. The summed E-state index contributed by atoms with van der Waals surface area (Å²) in [6, 6.07) is 9.80. The summed E-state index contributed by atoms with van der Waals surface area (Å²) in [7, 11) is 0. The van der Waals surface area contributed by atoms with Gasteiger partial charge in [-0.15, -0.1) is 0 Å². The Hall–Kier alpha value is -3.07. The number of benzene rings is 2. The van der Waals surface area contributed by atoms with Gasteiger partial charge in [0.25, 0.3) is 5.91 Å². The third-order valence-corrected chi connectivity index (χ3v) is 6.81. The van der Waals surface area contributed by atoms with E-state index in [0.717, 1.165) is 18.7 Å². The van der Waals surface area contributed by atoms with Crippen LogP contribution in [0.25, 0.3) is 11.0 Å². The minimum Gasteiger partial charge on any atom is -0.490 e. The molecule has 36 heavy (non-hydrogen) atoms. The van der Waals surface area contributed by atoms with Crippen LogP contribution in [0.2, 0.25) is 5.02 Å². The molecule has 3 aromatic rings. The standard InChI is InChI=1S/C27H29ClN2O6/c1-3-34-21-7-5-17(15-22(21)35-4-2)24-23-25(31)19-16-18(28)6-8-20(19)36-26(23)27(32)30(24)10-9-29-11-13-33-14-12-29/h5-8,15-16,24H,3-4,9-14H2,1-2H3. The highest BCUT2D eigenvalue weighted by Crippen LogP contribution is 2.41. The van der Waals surface area contributed by atoms with Crippen molar-refractivity contribution in [3.63, 3.8) is 0 Å². The monoisotopic (exact) mass is 512 g/mol. The van der Waals surface area contributed by atoms with Crippen molar-refractivity contribution >= 4 is 28.5 Å². The molecule has 2 aliphatic heterocycles. The third-order valence-electron chi connectivity index (χ3n) is 6.57. The summed E-state index contributed by atoms with van der Waals surface area (Å²) in [5, 5.41) is 0.782. The maximum absolute atomic E-state index is 13.8. The van der Waals surface area contributed by atoms with Crippen LogP contribution in [0.4, 0.5) is 0 Å². The van der Waals surface area contributed by atoms with Gasteiger partial charge in [-0.3, -0.25) is 14.5 Å². The number of halogens is 1. The number of hydrogen-bond acceptors (Lipinski definition) is 7. The molecule has 0 spiro atoms. The van der Waals surface area contributed by atoms with Gasteiger partial charge in [-0.25, -0.2) is 0 Å². The van der Waals surface area contributed by atoms with E-state index in [2.05, 4.69) is 4.90 Å². The van der Waals surface area contributed by atoms with Gasteiger partial charge in [-0.2, -0.15) is 0 Å². The van der Waals surface area contributed by atoms with Crippen molar-refractivity contribution in [3.05, 3.63) is 68.5 Å². The molecule has 0 saturated carbocycles. The van der Waals surface area contributed by atoms with Crippen LogP contribution in [0.5, 0.6) is 11.5 Å². The van der Waals surface area contributed by atoms with Gasteiger partial charge < -0.3 is 23.5 Å². The Morgan fingerprint density at radius 2 is 1.72 bits per heavy atom. The van der Waals surface area contributed by atoms with E-state index in [-0.39, 0.29) is 17.1 Å². The molecule has 1 fully saturated rings. The fraction of sp³-hybridized carbons (Fsp3) is 0.407. The predicted octanol–water partition coefficient (Wildman–Crippen LogP) is 4.12. The number of carbonyl (C=O) groups excluding carboxylic acids is 1. The van der Waals surface area contributed by atoms with Gasteiger partial charge in [0.2, 0.25) is 5.76 Å². The molecule has 2 aromatic carbocycles. The fourth-order valence-electron chi connectivity index (χ4n) is 4.88. The van der Waals surface area contributed by atoms with E-state index in [1.165, 1.54) is 0 Å². The molecular formula is C27H29ClN2O6. The van der Waals surface area contributed by atoms with Gasteiger partial charge in [-0.1, -0.05) is 17.7 Å². The number of hydrogen-bond donors (Lipinski definition) is 0. The first-order valence-electron chi connectivity index (χ1n) is 12.3. The van der Waals surface area contributed by atoms with Crippen LogP contribution in [0.1, 0.15) is 41.6 Å². The Bertz CT molecular complexity index is 1330. The Labute approximate surface area is 214 Å². The maximum atomic E-state index is 13.8. The zero-order chi connectivity index (χ0) is 25.2. The molecule has 2 aliphatic rings. The van der Waals surface area contributed by atoms with Crippen LogP contribution in [-0.2, 0) is 4.74 Å². The zero-order valence-electron chi connectivity index (χ0n) is 20.4. The molecule has 190 valence electrons. The van der Waals surface area contributed by atoms with Crippen molar-refractivity contribution in [3.8, 4) is 11.5 Å². The minimum absolute atomic E-state index is 0.0774. The van der Waals surface area contributed by atoms with Gasteiger partial charge in [0.15, 0.2) is 16.9 Å².